The summed E-state index contributed by atoms with van der Waals surface area (Å²) in [6.07, 6.45) is 1.53. The number of benzene rings is 2. The molecule has 0 spiro atoms. The fourth-order valence-corrected chi connectivity index (χ4v) is 2.61. The lowest BCUT2D eigenvalue weighted by Crippen LogP contribution is -2.14. The van der Waals surface area contributed by atoms with E-state index in [-0.39, 0.29) is 10.6 Å². The Morgan fingerprint density at radius 1 is 1.10 bits per heavy atom. The number of nitrogens with two attached hydrogens (primary N) is 1. The molecule has 0 amide bonds. The van der Waals surface area contributed by atoms with Gasteiger partial charge >= 0.3 is 0 Å². The molecule has 0 fully saturated rings. The zero-order chi connectivity index (χ0) is 15.3. The SMILES string of the molecule is NS(=O)(=O)c1cc(F)ccc1OCCCc1ccccc1. The van der Waals surface area contributed by atoms with E-state index in [9.17, 15) is 12.8 Å². The van der Waals surface area contributed by atoms with E-state index in [0.717, 1.165) is 18.6 Å². The van der Waals surface area contributed by atoms with E-state index in [2.05, 4.69) is 0 Å². The van der Waals surface area contributed by atoms with E-state index in [1.54, 1.807) is 0 Å². The van der Waals surface area contributed by atoms with Gasteiger partial charge in [0.25, 0.3) is 0 Å². The molecule has 0 bridgehead atoms. The predicted octanol–water partition coefficient (Wildman–Crippen LogP) is 2.48. The molecule has 0 aliphatic rings. The van der Waals surface area contributed by atoms with Crippen LogP contribution in [0.4, 0.5) is 4.39 Å². The van der Waals surface area contributed by atoms with Crippen LogP contribution in [0, 0.1) is 5.82 Å². The quantitative estimate of drug-likeness (QED) is 0.833. The lowest BCUT2D eigenvalue weighted by atomic mass is 10.1. The topological polar surface area (TPSA) is 69.4 Å². The van der Waals surface area contributed by atoms with Crippen molar-refractivity contribution >= 4 is 10.0 Å². The van der Waals surface area contributed by atoms with Crippen molar-refractivity contribution in [1.29, 1.82) is 0 Å². The third-order valence-corrected chi connectivity index (χ3v) is 3.85. The standard InChI is InChI=1S/C15H16FNO3S/c16-13-8-9-14(15(11-13)21(17,18)19)20-10-4-7-12-5-2-1-3-6-12/h1-3,5-6,8-9,11H,4,7,10H2,(H2,17,18,19). The summed E-state index contributed by atoms with van der Waals surface area (Å²) in [4.78, 5) is -0.331. The van der Waals surface area contributed by atoms with Crippen molar-refractivity contribution in [3.8, 4) is 5.75 Å². The second-order valence-corrected chi connectivity index (χ2v) is 6.10. The van der Waals surface area contributed by atoms with Crippen LogP contribution in [-0.4, -0.2) is 15.0 Å². The molecule has 21 heavy (non-hydrogen) atoms. The first-order valence-corrected chi connectivity index (χ1v) is 8.00. The summed E-state index contributed by atoms with van der Waals surface area (Å²) < 4.78 is 41.3. The first-order chi connectivity index (χ1) is 9.97. The minimum atomic E-state index is -4.01. The minimum absolute atomic E-state index is 0.0759. The molecule has 2 aromatic carbocycles. The monoisotopic (exact) mass is 309 g/mol. The molecule has 0 radical (unpaired) electrons. The van der Waals surface area contributed by atoms with Gasteiger partial charge in [-0.3, -0.25) is 0 Å². The lowest BCUT2D eigenvalue weighted by molar-refractivity contribution is 0.302. The Hall–Kier alpha value is -1.92. The summed E-state index contributed by atoms with van der Waals surface area (Å²) in [6, 6.07) is 13.1. The number of sulfonamides is 1. The van der Waals surface area contributed by atoms with Crippen LogP contribution in [0.1, 0.15) is 12.0 Å². The molecule has 4 nitrogen and oxygen atoms in total. The van der Waals surface area contributed by atoms with Gasteiger partial charge in [0, 0.05) is 0 Å². The Morgan fingerprint density at radius 3 is 2.48 bits per heavy atom. The lowest BCUT2D eigenvalue weighted by Gasteiger charge is -2.10. The Bertz CT molecular complexity index is 702. The molecule has 2 rings (SSSR count). The highest BCUT2D eigenvalue weighted by Crippen LogP contribution is 2.23. The summed E-state index contributed by atoms with van der Waals surface area (Å²) in [6.45, 7) is 0.322. The van der Waals surface area contributed by atoms with Crippen LogP contribution in [0.5, 0.6) is 5.75 Å². The van der Waals surface area contributed by atoms with Gasteiger partial charge < -0.3 is 4.74 Å². The van der Waals surface area contributed by atoms with Gasteiger partial charge in [0.1, 0.15) is 16.5 Å². The minimum Gasteiger partial charge on any atom is -0.492 e. The van der Waals surface area contributed by atoms with E-state index in [1.807, 2.05) is 30.3 Å². The molecule has 0 saturated heterocycles. The van der Waals surface area contributed by atoms with Gasteiger partial charge in [-0.1, -0.05) is 30.3 Å². The third-order valence-electron chi connectivity index (χ3n) is 2.92. The van der Waals surface area contributed by atoms with E-state index >= 15 is 0 Å². The average molecular weight is 309 g/mol. The zero-order valence-corrected chi connectivity index (χ0v) is 12.1. The average Bonchev–Trinajstić information content (AvgIpc) is 2.45. The van der Waals surface area contributed by atoms with Gasteiger partial charge in [0.15, 0.2) is 0 Å². The number of rotatable bonds is 6. The van der Waals surface area contributed by atoms with Gasteiger partial charge in [0.05, 0.1) is 6.61 Å². The van der Waals surface area contributed by atoms with Crippen molar-refractivity contribution in [3.63, 3.8) is 0 Å². The molecule has 0 unspecified atom stereocenters. The van der Waals surface area contributed by atoms with Crippen LogP contribution in [0.15, 0.2) is 53.4 Å². The van der Waals surface area contributed by atoms with Crippen molar-refractivity contribution in [1.82, 2.24) is 0 Å². The number of ether oxygens (including phenoxy) is 1. The fourth-order valence-electron chi connectivity index (χ4n) is 1.93. The van der Waals surface area contributed by atoms with Crippen molar-refractivity contribution in [2.75, 3.05) is 6.61 Å². The Kier molecular flexibility index (Phi) is 4.93. The molecule has 0 aromatic heterocycles. The van der Waals surface area contributed by atoms with E-state index in [4.69, 9.17) is 9.88 Å². The number of primary sulfonamides is 1. The maximum Gasteiger partial charge on any atom is 0.241 e. The van der Waals surface area contributed by atoms with E-state index in [0.29, 0.717) is 13.0 Å². The highest BCUT2D eigenvalue weighted by Gasteiger charge is 2.16. The van der Waals surface area contributed by atoms with Crippen LogP contribution in [-0.2, 0) is 16.4 Å². The summed E-state index contributed by atoms with van der Waals surface area (Å²) in [5.41, 5.74) is 1.17. The van der Waals surface area contributed by atoms with Crippen LogP contribution in [0.2, 0.25) is 0 Å². The van der Waals surface area contributed by atoms with E-state index in [1.165, 1.54) is 11.6 Å². The molecule has 0 saturated carbocycles. The van der Waals surface area contributed by atoms with Crippen LogP contribution in [0.25, 0.3) is 0 Å². The maximum absolute atomic E-state index is 13.1. The zero-order valence-electron chi connectivity index (χ0n) is 11.3. The van der Waals surface area contributed by atoms with Crippen molar-refractivity contribution < 1.29 is 17.5 Å². The first kappa shape index (κ1) is 15.5. The molecule has 112 valence electrons. The Balaban J connectivity index is 1.98. The Morgan fingerprint density at radius 2 is 1.81 bits per heavy atom. The molecule has 0 aliphatic heterocycles. The summed E-state index contributed by atoms with van der Waals surface area (Å²) >= 11 is 0. The number of aryl methyl sites for hydroxylation is 1. The van der Waals surface area contributed by atoms with Crippen LogP contribution in [0.3, 0.4) is 0 Å². The van der Waals surface area contributed by atoms with Gasteiger partial charge in [0.2, 0.25) is 10.0 Å². The van der Waals surface area contributed by atoms with Gasteiger partial charge in [-0.05, 0) is 36.6 Å². The van der Waals surface area contributed by atoms with Gasteiger partial charge in [-0.15, -0.1) is 0 Å². The number of hydrogen-bond acceptors (Lipinski definition) is 3. The highest BCUT2D eigenvalue weighted by molar-refractivity contribution is 7.89. The molecule has 2 aromatic rings. The second-order valence-electron chi connectivity index (χ2n) is 4.57. The Labute approximate surface area is 123 Å². The van der Waals surface area contributed by atoms with Crippen LogP contribution < -0.4 is 9.88 Å². The number of hydrogen-bond donors (Lipinski definition) is 1. The molecule has 2 N–H and O–H groups in total. The first-order valence-electron chi connectivity index (χ1n) is 6.46. The van der Waals surface area contributed by atoms with Crippen molar-refractivity contribution in [2.45, 2.75) is 17.7 Å². The summed E-state index contributed by atoms with van der Waals surface area (Å²) in [5, 5.41) is 5.05. The number of halogens is 1. The maximum atomic E-state index is 13.1. The fraction of sp³-hybridized carbons (Fsp3) is 0.200. The summed E-state index contributed by atoms with van der Waals surface area (Å²) in [5.74, 6) is -0.595. The molecule has 0 aliphatic carbocycles. The molecule has 0 heterocycles. The highest BCUT2D eigenvalue weighted by atomic mass is 32.2. The van der Waals surface area contributed by atoms with Crippen molar-refractivity contribution in [2.24, 2.45) is 5.14 Å². The third kappa shape index (κ3) is 4.54. The van der Waals surface area contributed by atoms with Gasteiger partial charge in [-0.25, -0.2) is 17.9 Å². The molecule has 0 atom stereocenters. The molecular weight excluding hydrogens is 293 g/mol. The molecular formula is C15H16FNO3S. The summed E-state index contributed by atoms with van der Waals surface area (Å²) in [7, 11) is -4.01. The molecule has 6 heteroatoms. The normalized spacial score (nSPS) is 11.3. The largest absolute Gasteiger partial charge is 0.492 e. The van der Waals surface area contributed by atoms with Crippen molar-refractivity contribution in [3.05, 3.63) is 59.9 Å². The second kappa shape index (κ2) is 6.69. The van der Waals surface area contributed by atoms with Crippen LogP contribution >= 0.6 is 0 Å². The predicted molar refractivity (Wildman–Crippen MR) is 78.0 cm³/mol. The van der Waals surface area contributed by atoms with E-state index < -0.39 is 15.8 Å². The van der Waals surface area contributed by atoms with Gasteiger partial charge in [-0.2, -0.15) is 0 Å². The smallest absolute Gasteiger partial charge is 0.241 e.